The van der Waals surface area contributed by atoms with Crippen molar-refractivity contribution in [3.63, 3.8) is 0 Å². The number of anilines is 1. The van der Waals surface area contributed by atoms with Gasteiger partial charge in [-0.3, -0.25) is 5.10 Å². The minimum Gasteiger partial charge on any atom is -0.382 e. The van der Waals surface area contributed by atoms with Crippen molar-refractivity contribution in [2.75, 3.05) is 5.73 Å². The Kier molecular flexibility index (Phi) is 3.16. The molecule has 3 nitrogen and oxygen atoms in total. The second kappa shape index (κ2) is 4.37. The van der Waals surface area contributed by atoms with Gasteiger partial charge in [-0.15, -0.1) is 0 Å². The van der Waals surface area contributed by atoms with Crippen LogP contribution in [0.25, 0.3) is 11.1 Å². The number of nitrogens with one attached hydrogen (secondary N) is 1. The SMILES string of the molecule is Nc1n[nH]c(C(F)(F)F)c1-c1c(Cl)cccc1Cl. The average Bonchev–Trinajstić information content (AvgIpc) is 2.60. The topological polar surface area (TPSA) is 54.7 Å². The summed E-state index contributed by atoms with van der Waals surface area (Å²) >= 11 is 11.7. The van der Waals surface area contributed by atoms with Gasteiger partial charge in [-0.2, -0.15) is 18.3 Å². The van der Waals surface area contributed by atoms with Gasteiger partial charge in [0, 0.05) is 5.56 Å². The standard InChI is InChI=1S/C10H6Cl2F3N3/c11-4-2-1-3-5(12)6(4)7-8(10(13,14)15)17-18-9(7)16/h1-3H,(H3,16,17,18). The predicted octanol–water partition coefficient (Wildman–Crippen LogP) is 3.98. The van der Waals surface area contributed by atoms with Gasteiger partial charge in [-0.05, 0) is 12.1 Å². The summed E-state index contributed by atoms with van der Waals surface area (Å²) in [5, 5.41) is 5.35. The monoisotopic (exact) mass is 295 g/mol. The number of nitrogen functional groups attached to an aromatic ring is 1. The second-order valence-corrected chi connectivity index (χ2v) is 4.27. The molecule has 18 heavy (non-hydrogen) atoms. The van der Waals surface area contributed by atoms with Gasteiger partial charge in [0.1, 0.15) is 5.69 Å². The summed E-state index contributed by atoms with van der Waals surface area (Å²) in [5.74, 6) is -0.308. The van der Waals surface area contributed by atoms with Crippen LogP contribution in [0.4, 0.5) is 19.0 Å². The van der Waals surface area contributed by atoms with Crippen molar-refractivity contribution in [2.24, 2.45) is 0 Å². The number of aromatic nitrogens is 2. The summed E-state index contributed by atoms with van der Waals surface area (Å²) in [5.41, 5.74) is 4.05. The van der Waals surface area contributed by atoms with E-state index in [0.717, 1.165) is 0 Å². The van der Waals surface area contributed by atoms with E-state index in [1.54, 1.807) is 0 Å². The number of aromatic amines is 1. The third-order valence-corrected chi connectivity index (χ3v) is 2.92. The van der Waals surface area contributed by atoms with Crippen molar-refractivity contribution in [2.45, 2.75) is 6.18 Å². The van der Waals surface area contributed by atoms with Gasteiger partial charge in [0.25, 0.3) is 0 Å². The Labute approximate surface area is 110 Å². The van der Waals surface area contributed by atoms with E-state index in [1.807, 2.05) is 5.10 Å². The molecule has 0 fully saturated rings. The number of H-pyrrole nitrogens is 1. The maximum Gasteiger partial charge on any atom is 0.433 e. The van der Waals surface area contributed by atoms with Gasteiger partial charge in [0.2, 0.25) is 0 Å². The fourth-order valence-corrected chi connectivity index (χ4v) is 2.14. The van der Waals surface area contributed by atoms with Crippen LogP contribution in [-0.4, -0.2) is 10.2 Å². The van der Waals surface area contributed by atoms with Crippen LogP contribution < -0.4 is 5.73 Å². The van der Waals surface area contributed by atoms with Crippen molar-refractivity contribution >= 4 is 29.0 Å². The number of alkyl halides is 3. The molecule has 0 saturated carbocycles. The molecule has 0 saturated heterocycles. The third-order valence-electron chi connectivity index (χ3n) is 2.29. The second-order valence-electron chi connectivity index (χ2n) is 3.45. The van der Waals surface area contributed by atoms with E-state index in [1.165, 1.54) is 18.2 Å². The molecule has 8 heteroatoms. The van der Waals surface area contributed by atoms with Gasteiger partial charge in [-0.25, -0.2) is 0 Å². The lowest BCUT2D eigenvalue weighted by molar-refractivity contribution is -0.140. The van der Waals surface area contributed by atoms with Crippen LogP contribution in [0.15, 0.2) is 18.2 Å². The lowest BCUT2D eigenvalue weighted by Crippen LogP contribution is -2.07. The highest BCUT2D eigenvalue weighted by Gasteiger charge is 2.38. The zero-order chi connectivity index (χ0) is 13.5. The first kappa shape index (κ1) is 13.0. The van der Waals surface area contributed by atoms with E-state index in [-0.39, 0.29) is 27.0 Å². The molecule has 2 rings (SSSR count). The number of hydrogen-bond donors (Lipinski definition) is 2. The summed E-state index contributed by atoms with van der Waals surface area (Å²) in [6.45, 7) is 0. The first-order chi connectivity index (χ1) is 8.32. The molecule has 0 bridgehead atoms. The quantitative estimate of drug-likeness (QED) is 0.836. The van der Waals surface area contributed by atoms with Crippen LogP contribution >= 0.6 is 23.2 Å². The fraction of sp³-hybridized carbons (Fsp3) is 0.100. The third kappa shape index (κ3) is 2.13. The van der Waals surface area contributed by atoms with Gasteiger partial charge in [0.05, 0.1) is 15.6 Å². The summed E-state index contributed by atoms with van der Waals surface area (Å²) < 4.78 is 38.4. The summed E-state index contributed by atoms with van der Waals surface area (Å²) in [6.07, 6.45) is -4.62. The molecule has 2 aromatic rings. The van der Waals surface area contributed by atoms with Crippen molar-refractivity contribution in [1.29, 1.82) is 0 Å². The Balaban J connectivity index is 2.76. The molecule has 0 radical (unpaired) electrons. The van der Waals surface area contributed by atoms with Crippen LogP contribution in [0.5, 0.6) is 0 Å². The Morgan fingerprint density at radius 1 is 1.11 bits per heavy atom. The zero-order valence-corrected chi connectivity index (χ0v) is 10.2. The molecular weight excluding hydrogens is 290 g/mol. The molecule has 0 aliphatic rings. The zero-order valence-electron chi connectivity index (χ0n) is 8.65. The van der Waals surface area contributed by atoms with Gasteiger partial charge in [0.15, 0.2) is 5.82 Å². The van der Waals surface area contributed by atoms with Crippen molar-refractivity contribution in [1.82, 2.24) is 10.2 Å². The number of benzene rings is 1. The Hall–Kier alpha value is -1.40. The molecule has 96 valence electrons. The lowest BCUT2D eigenvalue weighted by Gasteiger charge is -2.10. The minimum atomic E-state index is -4.62. The molecule has 0 aliphatic heterocycles. The van der Waals surface area contributed by atoms with Crippen LogP contribution in [0.2, 0.25) is 10.0 Å². The van der Waals surface area contributed by atoms with E-state index in [0.29, 0.717) is 0 Å². The van der Waals surface area contributed by atoms with E-state index < -0.39 is 11.9 Å². The fourth-order valence-electron chi connectivity index (χ4n) is 1.55. The Morgan fingerprint density at radius 2 is 1.67 bits per heavy atom. The highest BCUT2D eigenvalue weighted by Crippen LogP contribution is 2.43. The highest BCUT2D eigenvalue weighted by atomic mass is 35.5. The number of rotatable bonds is 1. The van der Waals surface area contributed by atoms with Gasteiger partial charge >= 0.3 is 6.18 Å². The molecule has 0 amide bonds. The Bertz CT molecular complexity index is 572. The van der Waals surface area contributed by atoms with Gasteiger partial charge in [-0.1, -0.05) is 29.3 Å². The van der Waals surface area contributed by atoms with E-state index >= 15 is 0 Å². The normalized spacial score (nSPS) is 11.8. The van der Waals surface area contributed by atoms with Gasteiger partial charge < -0.3 is 5.73 Å². The Morgan fingerprint density at radius 3 is 2.17 bits per heavy atom. The maximum absolute atomic E-state index is 12.8. The van der Waals surface area contributed by atoms with Crippen LogP contribution in [-0.2, 0) is 6.18 Å². The van der Waals surface area contributed by atoms with E-state index in [9.17, 15) is 13.2 Å². The van der Waals surface area contributed by atoms with Crippen LogP contribution in [0, 0.1) is 0 Å². The molecular formula is C10H6Cl2F3N3. The maximum atomic E-state index is 12.8. The van der Waals surface area contributed by atoms with Crippen molar-refractivity contribution < 1.29 is 13.2 Å². The smallest absolute Gasteiger partial charge is 0.382 e. The summed E-state index contributed by atoms with van der Waals surface area (Å²) in [4.78, 5) is 0. The number of halogens is 5. The first-order valence-corrected chi connectivity index (χ1v) is 5.43. The van der Waals surface area contributed by atoms with E-state index in [4.69, 9.17) is 28.9 Å². The molecule has 1 aromatic carbocycles. The van der Waals surface area contributed by atoms with Crippen molar-refractivity contribution in [3.8, 4) is 11.1 Å². The largest absolute Gasteiger partial charge is 0.433 e. The molecule has 0 unspecified atom stereocenters. The number of nitrogens with two attached hydrogens (primary N) is 1. The first-order valence-electron chi connectivity index (χ1n) is 4.67. The number of hydrogen-bond acceptors (Lipinski definition) is 2. The highest BCUT2D eigenvalue weighted by molar-refractivity contribution is 6.39. The number of nitrogens with zero attached hydrogens (tertiary/aromatic N) is 1. The summed E-state index contributed by atoms with van der Waals surface area (Å²) in [6, 6.07) is 4.38. The average molecular weight is 296 g/mol. The van der Waals surface area contributed by atoms with E-state index in [2.05, 4.69) is 5.10 Å². The lowest BCUT2D eigenvalue weighted by atomic mass is 10.0. The van der Waals surface area contributed by atoms with Crippen LogP contribution in [0.1, 0.15) is 5.69 Å². The molecule has 0 aliphatic carbocycles. The molecule has 3 N–H and O–H groups in total. The predicted molar refractivity (Wildman–Crippen MR) is 63.5 cm³/mol. The summed E-state index contributed by atoms with van der Waals surface area (Å²) in [7, 11) is 0. The molecule has 1 heterocycles. The van der Waals surface area contributed by atoms with Crippen LogP contribution in [0.3, 0.4) is 0 Å². The minimum absolute atomic E-state index is 0.0133. The molecule has 1 aromatic heterocycles. The molecule has 0 spiro atoms. The molecule has 0 atom stereocenters. The van der Waals surface area contributed by atoms with Crippen molar-refractivity contribution in [3.05, 3.63) is 33.9 Å².